The van der Waals surface area contributed by atoms with Crippen LogP contribution in [0.1, 0.15) is 0 Å². The molecule has 0 rings (SSSR count). The zero-order valence-corrected chi connectivity index (χ0v) is 4.29. The van der Waals surface area contributed by atoms with Crippen LogP contribution in [-0.4, -0.2) is 18.9 Å². The molecule has 0 heterocycles. The molecule has 0 spiro atoms. The maximum Gasteiger partial charge on any atom is 0.0209 e. The van der Waals surface area contributed by atoms with E-state index in [4.69, 9.17) is 9.05 Å². The predicted molar refractivity (Wildman–Crippen MR) is 20.2 cm³/mol. The Balaban J connectivity index is -0.0000000200. The van der Waals surface area contributed by atoms with Crippen molar-refractivity contribution in [3.8, 4) is 0 Å². The Labute approximate surface area is 43.7 Å². The third-order valence-electron chi connectivity index (χ3n) is 0. The van der Waals surface area contributed by atoms with Gasteiger partial charge >= 0.3 is 0 Å². The molecule has 0 aliphatic carbocycles. The van der Waals surface area contributed by atoms with Gasteiger partial charge in [0.05, 0.1) is 0 Å². The summed E-state index contributed by atoms with van der Waals surface area (Å²) in [7, 11) is 0. The van der Waals surface area contributed by atoms with Gasteiger partial charge in [0.25, 0.3) is 0 Å². The first-order chi connectivity index (χ1) is 1.41. The van der Waals surface area contributed by atoms with Crippen molar-refractivity contribution in [1.82, 2.24) is 0 Å². The molecule has 5 heavy (non-hydrogen) atoms. The van der Waals surface area contributed by atoms with Crippen LogP contribution in [0.2, 0.25) is 0 Å². The summed E-state index contributed by atoms with van der Waals surface area (Å²) in [5, 5.41) is 1.25. The quantitative estimate of drug-likeness (QED) is 0.313. The molecule has 0 bridgehead atoms. The van der Waals surface area contributed by atoms with E-state index in [-0.39, 0.29) is 28.8 Å². The smallest absolute Gasteiger partial charge is 0.0209 e. The van der Waals surface area contributed by atoms with Crippen molar-refractivity contribution in [1.29, 1.82) is 0 Å². The Morgan fingerprint density at radius 3 is 1.20 bits per heavy atom. The fourth-order valence-corrected chi connectivity index (χ4v) is 0. The Kier molecular flexibility index (Phi) is 71.3. The summed E-state index contributed by atoms with van der Waals surface area (Å²) < 4.78 is 18.2. The minimum atomic E-state index is 0. The molecule has 0 saturated carbocycles. The summed E-state index contributed by atoms with van der Waals surface area (Å²) in [5.41, 5.74) is 0. The molecule has 0 aliphatic heterocycles. The Hall–Kier alpha value is 0.847. The van der Waals surface area contributed by atoms with Crippen LogP contribution in [0.15, 0.2) is 0 Å². The van der Waals surface area contributed by atoms with E-state index in [0.29, 0.717) is 0 Å². The molecular weight excluding hydrogens is 91.9 g/mol. The van der Waals surface area contributed by atoms with Gasteiger partial charge in [-0.15, -0.1) is 0 Å². The van der Waals surface area contributed by atoms with E-state index in [9.17, 15) is 0 Å². The third kappa shape index (κ3) is 54.7. The van der Waals surface area contributed by atoms with E-state index < -0.39 is 0 Å². The third-order valence-corrected chi connectivity index (χ3v) is 0. The van der Waals surface area contributed by atoms with Crippen LogP contribution in [0.4, 0.5) is 9.05 Å². The van der Waals surface area contributed by atoms with Crippen molar-refractivity contribution in [2.75, 3.05) is 0 Å². The normalized spacial score (nSPS) is 3.60. The van der Waals surface area contributed by atoms with Crippen LogP contribution >= 0.6 is 9.90 Å². The molecule has 1 atom stereocenters. The van der Waals surface area contributed by atoms with Crippen molar-refractivity contribution in [3.63, 3.8) is 0 Å². The molecule has 0 aromatic heterocycles. The fourth-order valence-electron chi connectivity index (χ4n) is 0. The molecule has 1 unspecified atom stereocenters. The van der Waals surface area contributed by atoms with Gasteiger partial charge in [-0.3, -0.25) is 0 Å². The van der Waals surface area contributed by atoms with E-state index in [2.05, 4.69) is 0 Å². The molecular formula is H3F2LiOP. The summed E-state index contributed by atoms with van der Waals surface area (Å²) in [4.78, 5) is 0. The maximum atomic E-state index is 9.12. The SMILES string of the molecule is FOF.P.[Li]. The summed E-state index contributed by atoms with van der Waals surface area (Å²) in [6, 6.07) is 0. The van der Waals surface area contributed by atoms with Gasteiger partial charge in [-0.05, 0) is 9.05 Å². The van der Waals surface area contributed by atoms with E-state index in [1.165, 1.54) is 5.15 Å². The average Bonchev–Trinajstić information content (AvgIpc) is 0.918. The largest absolute Gasteiger partial charge is 0.153 e. The summed E-state index contributed by atoms with van der Waals surface area (Å²) in [5.74, 6) is 0. The van der Waals surface area contributed by atoms with Gasteiger partial charge in [0.1, 0.15) is 0 Å². The van der Waals surface area contributed by atoms with E-state index in [1.807, 2.05) is 0 Å². The molecule has 1 radical (unpaired) electrons. The molecule has 0 amide bonds. The molecule has 1 nitrogen and oxygen atoms in total. The second kappa shape index (κ2) is 21.0. The van der Waals surface area contributed by atoms with Crippen molar-refractivity contribution in [2.24, 2.45) is 0 Å². The number of hydrogen-bond acceptors (Lipinski definition) is 1. The molecule has 0 aliphatic rings. The minimum absolute atomic E-state index is 0. The Morgan fingerprint density at radius 2 is 1.20 bits per heavy atom. The number of hydrogen-bond donors (Lipinski definition) is 0. The van der Waals surface area contributed by atoms with Gasteiger partial charge in [-0.25, -0.2) is 0 Å². The van der Waals surface area contributed by atoms with E-state index in [0.717, 1.165) is 0 Å². The fraction of sp³-hybridized carbons (Fsp3) is 0. The van der Waals surface area contributed by atoms with Crippen molar-refractivity contribution < 1.29 is 14.2 Å². The van der Waals surface area contributed by atoms with E-state index in [1.54, 1.807) is 0 Å². The monoisotopic (exact) mass is 95.0 g/mol. The molecule has 29 valence electrons. The van der Waals surface area contributed by atoms with Crippen molar-refractivity contribution >= 4 is 28.8 Å². The first-order valence-electron chi connectivity index (χ1n) is 0.309. The zero-order chi connectivity index (χ0) is 2.71. The van der Waals surface area contributed by atoms with Gasteiger partial charge < -0.3 is 0 Å². The first-order valence-corrected chi connectivity index (χ1v) is 0.309. The Morgan fingerprint density at radius 1 is 1.20 bits per heavy atom. The van der Waals surface area contributed by atoms with Crippen molar-refractivity contribution in [2.45, 2.75) is 0 Å². The molecule has 0 fully saturated rings. The molecule has 0 aromatic carbocycles. The predicted octanol–water partition coefficient (Wildman–Crippen LogP) is 0.449. The molecule has 5 heteroatoms. The first kappa shape index (κ1) is 16.9. The summed E-state index contributed by atoms with van der Waals surface area (Å²) >= 11 is 0. The van der Waals surface area contributed by atoms with Crippen LogP contribution in [0.5, 0.6) is 0 Å². The van der Waals surface area contributed by atoms with Gasteiger partial charge in [-0.2, -0.15) is 9.90 Å². The van der Waals surface area contributed by atoms with Crippen LogP contribution in [0, 0.1) is 0 Å². The molecule has 0 saturated heterocycles. The molecule has 0 aromatic rings. The van der Waals surface area contributed by atoms with Crippen LogP contribution < -0.4 is 0 Å². The topological polar surface area (TPSA) is 9.23 Å². The number of rotatable bonds is 0. The second-order valence-electron chi connectivity index (χ2n) is 0.0583. The average molecular weight is 94.9 g/mol. The summed E-state index contributed by atoms with van der Waals surface area (Å²) in [6.45, 7) is 0. The maximum absolute atomic E-state index is 9.12. The minimum Gasteiger partial charge on any atom is -0.153 e. The van der Waals surface area contributed by atoms with Crippen LogP contribution in [-0.2, 0) is 5.15 Å². The van der Waals surface area contributed by atoms with Gasteiger partial charge in [0, 0.05) is 24.0 Å². The van der Waals surface area contributed by atoms with E-state index >= 15 is 0 Å². The van der Waals surface area contributed by atoms with Crippen LogP contribution in [0.3, 0.4) is 0 Å². The standard InChI is InChI=1S/F2O.Li.H3P/c1-3-2;;/h;;1H3. The number of halogens is 2. The summed E-state index contributed by atoms with van der Waals surface area (Å²) in [6.07, 6.45) is 0. The van der Waals surface area contributed by atoms with Crippen LogP contribution in [0.25, 0.3) is 0 Å². The molecule has 0 N–H and O–H groups in total. The second-order valence-corrected chi connectivity index (χ2v) is 0.0583. The van der Waals surface area contributed by atoms with Crippen molar-refractivity contribution in [3.05, 3.63) is 0 Å². The Bertz CT molecular complexity index is 9.61. The zero-order valence-electron chi connectivity index (χ0n) is 2.87. The van der Waals surface area contributed by atoms with Gasteiger partial charge in [0.2, 0.25) is 0 Å². The van der Waals surface area contributed by atoms with Gasteiger partial charge in [0.15, 0.2) is 0 Å². The van der Waals surface area contributed by atoms with Gasteiger partial charge in [-0.1, -0.05) is 0 Å².